The van der Waals surface area contributed by atoms with Gasteiger partial charge in [-0.1, -0.05) is 39.0 Å². The third-order valence-corrected chi connectivity index (χ3v) is 3.97. The van der Waals surface area contributed by atoms with Crippen molar-refractivity contribution in [2.75, 3.05) is 20.2 Å². The Kier molecular flexibility index (Phi) is 9.08. The van der Waals surface area contributed by atoms with E-state index in [4.69, 9.17) is 9.15 Å². The van der Waals surface area contributed by atoms with Crippen LogP contribution in [0.3, 0.4) is 0 Å². The van der Waals surface area contributed by atoms with Gasteiger partial charge in [0, 0.05) is 12.5 Å². The van der Waals surface area contributed by atoms with E-state index in [-0.39, 0.29) is 29.4 Å². The number of benzene rings is 1. The Labute approximate surface area is 179 Å². The van der Waals surface area contributed by atoms with Gasteiger partial charge < -0.3 is 19.8 Å². The number of hydrogen-bond donors (Lipinski definition) is 2. The summed E-state index contributed by atoms with van der Waals surface area (Å²) in [5.74, 6) is 3.15. The van der Waals surface area contributed by atoms with E-state index in [1.165, 1.54) is 0 Å². The van der Waals surface area contributed by atoms with Crippen LogP contribution in [0.4, 0.5) is 0 Å². The lowest BCUT2D eigenvalue weighted by Gasteiger charge is -2.14. The van der Waals surface area contributed by atoms with Crippen LogP contribution in [-0.4, -0.2) is 31.1 Å². The van der Waals surface area contributed by atoms with Gasteiger partial charge >= 0.3 is 0 Å². The van der Waals surface area contributed by atoms with Crippen LogP contribution < -0.4 is 15.4 Å². The molecule has 0 atom stereocenters. The summed E-state index contributed by atoms with van der Waals surface area (Å²) in [5, 5.41) is 6.43. The van der Waals surface area contributed by atoms with E-state index >= 15 is 0 Å². The monoisotopic (exact) mass is 486 g/mol. The van der Waals surface area contributed by atoms with Crippen LogP contribution in [0.2, 0.25) is 0 Å². The normalized spacial score (nSPS) is 11.7. The number of rotatable bonds is 6. The van der Waals surface area contributed by atoms with Crippen molar-refractivity contribution in [1.29, 1.82) is 0 Å². The van der Waals surface area contributed by atoms with Crippen LogP contribution in [0, 0.1) is 13.8 Å². The van der Waals surface area contributed by atoms with Gasteiger partial charge in [-0.05, 0) is 25.0 Å². The van der Waals surface area contributed by atoms with E-state index in [9.17, 15) is 0 Å². The molecule has 0 unspecified atom stereocenters. The molecular weight excluding hydrogens is 455 g/mol. The van der Waals surface area contributed by atoms with Gasteiger partial charge in [-0.25, -0.2) is 4.98 Å². The van der Waals surface area contributed by atoms with Crippen LogP contribution in [0.15, 0.2) is 33.8 Å². The highest BCUT2D eigenvalue weighted by molar-refractivity contribution is 14.0. The minimum absolute atomic E-state index is 0. The van der Waals surface area contributed by atoms with Crippen LogP contribution in [0.5, 0.6) is 5.75 Å². The highest BCUT2D eigenvalue weighted by Gasteiger charge is 2.19. The highest BCUT2D eigenvalue weighted by atomic mass is 127. The second-order valence-electron chi connectivity index (χ2n) is 7.29. The molecule has 27 heavy (non-hydrogen) atoms. The number of nitrogens with one attached hydrogen (secondary N) is 2. The molecule has 0 saturated carbocycles. The number of ether oxygens (including phenoxy) is 1. The Morgan fingerprint density at radius 2 is 1.85 bits per heavy atom. The Bertz CT molecular complexity index is 730. The van der Waals surface area contributed by atoms with E-state index in [0.29, 0.717) is 31.5 Å². The molecule has 0 aliphatic carbocycles. The molecule has 0 aliphatic rings. The molecule has 0 bridgehead atoms. The topological polar surface area (TPSA) is 71.7 Å². The first kappa shape index (κ1) is 23.3. The van der Waals surface area contributed by atoms with E-state index in [1.54, 1.807) is 13.2 Å². The van der Waals surface area contributed by atoms with Gasteiger partial charge in [0.05, 0.1) is 19.3 Å². The van der Waals surface area contributed by atoms with Gasteiger partial charge in [-0.3, -0.25) is 4.99 Å². The largest absolute Gasteiger partial charge is 0.491 e. The van der Waals surface area contributed by atoms with Gasteiger partial charge in [-0.15, -0.1) is 24.0 Å². The lowest BCUT2D eigenvalue weighted by atomic mass is 9.94. The van der Waals surface area contributed by atoms with Gasteiger partial charge in [0.25, 0.3) is 0 Å². The van der Waals surface area contributed by atoms with Gasteiger partial charge in [-0.2, -0.15) is 0 Å². The number of aryl methyl sites for hydroxylation is 2. The number of nitrogens with zero attached hydrogens (tertiary/aromatic N) is 2. The van der Waals surface area contributed by atoms with Crippen LogP contribution >= 0.6 is 24.0 Å². The number of aromatic nitrogens is 1. The maximum atomic E-state index is 5.89. The zero-order valence-corrected chi connectivity index (χ0v) is 19.4. The van der Waals surface area contributed by atoms with E-state index in [1.807, 2.05) is 6.07 Å². The molecule has 6 nitrogen and oxygen atoms in total. The fourth-order valence-electron chi connectivity index (χ4n) is 2.47. The fraction of sp³-hybridized carbons (Fsp3) is 0.500. The Hall–Kier alpha value is -1.77. The molecule has 0 radical (unpaired) electrons. The van der Waals surface area contributed by atoms with Crippen molar-refractivity contribution in [2.45, 2.75) is 46.6 Å². The van der Waals surface area contributed by atoms with Crippen molar-refractivity contribution in [3.63, 3.8) is 0 Å². The van der Waals surface area contributed by atoms with Crippen molar-refractivity contribution in [3.8, 4) is 5.75 Å². The SMILES string of the molecule is CN=C(NCCOc1c(C)cccc1C)NCc1ncc(C(C)(C)C)o1.I. The van der Waals surface area contributed by atoms with Crippen molar-refractivity contribution < 1.29 is 9.15 Å². The summed E-state index contributed by atoms with van der Waals surface area (Å²) in [4.78, 5) is 8.52. The molecule has 1 heterocycles. The van der Waals surface area contributed by atoms with Crippen LogP contribution in [-0.2, 0) is 12.0 Å². The molecule has 0 saturated heterocycles. The third kappa shape index (κ3) is 7.04. The summed E-state index contributed by atoms with van der Waals surface area (Å²) in [6, 6.07) is 6.15. The zero-order valence-electron chi connectivity index (χ0n) is 17.0. The Morgan fingerprint density at radius 3 is 2.41 bits per heavy atom. The number of halogens is 1. The van der Waals surface area contributed by atoms with Crippen LogP contribution in [0.25, 0.3) is 0 Å². The average Bonchev–Trinajstić information content (AvgIpc) is 3.05. The third-order valence-electron chi connectivity index (χ3n) is 3.97. The minimum atomic E-state index is -0.0454. The molecule has 0 amide bonds. The molecule has 2 N–H and O–H groups in total. The predicted octanol–water partition coefficient (Wildman–Crippen LogP) is 3.95. The molecule has 0 aliphatic heterocycles. The molecule has 1 aromatic heterocycles. The predicted molar refractivity (Wildman–Crippen MR) is 120 cm³/mol. The van der Waals surface area contributed by atoms with E-state index < -0.39 is 0 Å². The summed E-state index contributed by atoms with van der Waals surface area (Å²) in [6.45, 7) is 12.1. The molecule has 2 rings (SSSR count). The summed E-state index contributed by atoms with van der Waals surface area (Å²) in [6.07, 6.45) is 1.78. The standard InChI is InChI=1S/C20H30N4O2.HI/c1-14-8-7-9-15(2)18(14)25-11-10-22-19(21-6)24-13-17-23-12-16(26-17)20(3,4)5;/h7-9,12H,10-11,13H2,1-6H3,(H2,21,22,24);1H. The van der Waals surface area contributed by atoms with Crippen molar-refractivity contribution >= 4 is 29.9 Å². The van der Waals surface area contributed by atoms with Gasteiger partial charge in [0.15, 0.2) is 5.96 Å². The van der Waals surface area contributed by atoms with Gasteiger partial charge in [0.2, 0.25) is 5.89 Å². The highest BCUT2D eigenvalue weighted by Crippen LogP contribution is 2.23. The quantitative estimate of drug-likeness (QED) is 0.280. The van der Waals surface area contributed by atoms with E-state index in [2.05, 4.69) is 67.4 Å². The Morgan fingerprint density at radius 1 is 1.19 bits per heavy atom. The fourth-order valence-corrected chi connectivity index (χ4v) is 2.47. The molecular formula is C20H31IN4O2. The number of aliphatic imine (C=N–C) groups is 1. The smallest absolute Gasteiger partial charge is 0.213 e. The van der Waals surface area contributed by atoms with Gasteiger partial charge in [0.1, 0.15) is 18.1 Å². The number of para-hydroxylation sites is 1. The van der Waals surface area contributed by atoms with E-state index in [0.717, 1.165) is 22.6 Å². The van der Waals surface area contributed by atoms with Crippen molar-refractivity contribution in [3.05, 3.63) is 47.2 Å². The summed E-state index contributed by atoms with van der Waals surface area (Å²) >= 11 is 0. The maximum Gasteiger partial charge on any atom is 0.213 e. The summed E-state index contributed by atoms with van der Waals surface area (Å²) in [7, 11) is 1.73. The summed E-state index contributed by atoms with van der Waals surface area (Å²) in [5.41, 5.74) is 2.24. The molecule has 0 spiro atoms. The second kappa shape index (κ2) is 10.5. The average molecular weight is 486 g/mol. The summed E-state index contributed by atoms with van der Waals surface area (Å²) < 4.78 is 11.7. The van der Waals surface area contributed by atoms with Crippen molar-refractivity contribution in [1.82, 2.24) is 15.6 Å². The molecule has 0 fully saturated rings. The number of guanidine groups is 1. The molecule has 150 valence electrons. The Balaban J connectivity index is 0.00000364. The molecule has 1 aromatic carbocycles. The molecule has 7 heteroatoms. The van der Waals surface area contributed by atoms with Crippen LogP contribution in [0.1, 0.15) is 43.5 Å². The number of oxazole rings is 1. The van der Waals surface area contributed by atoms with Crippen molar-refractivity contribution in [2.24, 2.45) is 4.99 Å². The minimum Gasteiger partial charge on any atom is -0.491 e. The zero-order chi connectivity index (χ0) is 19.2. The first-order valence-electron chi connectivity index (χ1n) is 8.90. The first-order chi connectivity index (χ1) is 12.3. The second-order valence-corrected chi connectivity index (χ2v) is 7.29. The number of hydrogen-bond acceptors (Lipinski definition) is 4. The maximum absolute atomic E-state index is 5.89. The lowest BCUT2D eigenvalue weighted by Crippen LogP contribution is -2.39. The first-order valence-corrected chi connectivity index (χ1v) is 8.90. The lowest BCUT2D eigenvalue weighted by molar-refractivity contribution is 0.317. The molecule has 2 aromatic rings.